The first-order valence-corrected chi connectivity index (χ1v) is 9.54. The lowest BCUT2D eigenvalue weighted by Crippen LogP contribution is -2.17. The Hall–Kier alpha value is -3.51. The van der Waals surface area contributed by atoms with Gasteiger partial charge in [-0.1, -0.05) is 41.9 Å². The predicted molar refractivity (Wildman–Crippen MR) is 117 cm³/mol. The van der Waals surface area contributed by atoms with E-state index in [2.05, 4.69) is 10.3 Å². The van der Waals surface area contributed by atoms with Crippen LogP contribution in [0.4, 0.5) is 5.82 Å². The number of methoxy groups -OCH3 is 1. The molecule has 0 atom stereocenters. The number of ketones is 1. The lowest BCUT2D eigenvalue weighted by Gasteiger charge is -2.14. The van der Waals surface area contributed by atoms with E-state index in [1.54, 1.807) is 61.5 Å². The van der Waals surface area contributed by atoms with Crippen molar-refractivity contribution in [3.63, 3.8) is 0 Å². The number of anilines is 1. The van der Waals surface area contributed by atoms with Crippen LogP contribution >= 0.6 is 11.6 Å². The summed E-state index contributed by atoms with van der Waals surface area (Å²) in [7, 11) is 1.49. The first-order chi connectivity index (χ1) is 14.4. The van der Waals surface area contributed by atoms with Gasteiger partial charge in [0.05, 0.1) is 12.1 Å². The van der Waals surface area contributed by atoms with Crippen molar-refractivity contribution < 1.29 is 14.3 Å². The summed E-state index contributed by atoms with van der Waals surface area (Å²) < 4.78 is 5.40. The van der Waals surface area contributed by atoms with Crippen LogP contribution in [-0.4, -0.2) is 29.5 Å². The van der Waals surface area contributed by atoms with Gasteiger partial charge in [0.15, 0.2) is 5.78 Å². The zero-order chi connectivity index (χ0) is 21.7. The molecule has 152 valence electrons. The number of hydrogen-bond donors (Lipinski definition) is 2. The molecule has 0 saturated carbocycles. The Balaban J connectivity index is 1.87. The predicted octanol–water partition coefficient (Wildman–Crippen LogP) is 4.81. The number of Topliss-reactive ketones (excluding diaryl/α,β-unsaturated/α-hetero) is 1. The molecule has 1 amide bonds. The van der Waals surface area contributed by atoms with E-state index >= 15 is 0 Å². The van der Waals surface area contributed by atoms with Crippen molar-refractivity contribution in [2.24, 2.45) is 0 Å². The Morgan fingerprint density at radius 3 is 2.37 bits per heavy atom. The van der Waals surface area contributed by atoms with Crippen LogP contribution in [0.2, 0.25) is 5.02 Å². The van der Waals surface area contributed by atoms with Crippen LogP contribution < -0.4 is 10.1 Å². The number of nitrogens with one attached hydrogen (secondary N) is 2. The molecule has 30 heavy (non-hydrogen) atoms. The Morgan fingerprint density at radius 2 is 1.77 bits per heavy atom. The molecular formula is C23H20ClN3O3. The summed E-state index contributed by atoms with van der Waals surface area (Å²) in [6, 6.07) is 15.1. The number of carbonyl (C=O) groups is 2. The molecule has 7 heteroatoms. The van der Waals surface area contributed by atoms with E-state index in [1.807, 2.05) is 0 Å². The van der Waals surface area contributed by atoms with Gasteiger partial charge in [-0.2, -0.15) is 0 Å². The number of amides is 1. The minimum absolute atomic E-state index is 0.0102. The van der Waals surface area contributed by atoms with Gasteiger partial charge in [0, 0.05) is 35.0 Å². The van der Waals surface area contributed by atoms with E-state index in [9.17, 15) is 9.59 Å². The van der Waals surface area contributed by atoms with E-state index in [0.717, 1.165) is 5.56 Å². The number of nitrogens with zero attached hydrogens (tertiary/aromatic N) is 1. The maximum Gasteiger partial charge on any atom is 0.257 e. The van der Waals surface area contributed by atoms with Crippen molar-refractivity contribution in [1.82, 2.24) is 4.98 Å². The minimum Gasteiger partial charge on any atom is -0.496 e. The molecule has 3 aromatic rings. The molecule has 0 saturated heterocycles. The summed E-state index contributed by atoms with van der Waals surface area (Å²) in [5.41, 5.74) is 2.49. The van der Waals surface area contributed by atoms with Crippen LogP contribution in [0.3, 0.4) is 0 Å². The van der Waals surface area contributed by atoms with Gasteiger partial charge in [-0.3, -0.25) is 9.59 Å². The van der Waals surface area contributed by atoms with Crippen molar-refractivity contribution >= 4 is 34.8 Å². The first kappa shape index (κ1) is 21.2. The monoisotopic (exact) mass is 421 g/mol. The number of pyridine rings is 1. The molecule has 3 rings (SSSR count). The van der Waals surface area contributed by atoms with Gasteiger partial charge >= 0.3 is 0 Å². The van der Waals surface area contributed by atoms with E-state index < -0.39 is 5.91 Å². The second-order valence-electron chi connectivity index (χ2n) is 6.60. The largest absolute Gasteiger partial charge is 0.496 e. The van der Waals surface area contributed by atoms with Gasteiger partial charge in [0.1, 0.15) is 11.6 Å². The van der Waals surface area contributed by atoms with Crippen LogP contribution in [0.1, 0.15) is 38.8 Å². The Morgan fingerprint density at radius 1 is 1.07 bits per heavy atom. The molecule has 0 fully saturated rings. The third-order valence-electron chi connectivity index (χ3n) is 4.54. The zero-order valence-electron chi connectivity index (χ0n) is 16.5. The Kier molecular flexibility index (Phi) is 6.59. The summed E-state index contributed by atoms with van der Waals surface area (Å²) in [6.45, 7) is 1.69. The first-order valence-electron chi connectivity index (χ1n) is 9.16. The third kappa shape index (κ3) is 4.90. The van der Waals surface area contributed by atoms with Gasteiger partial charge in [-0.25, -0.2) is 4.98 Å². The minimum atomic E-state index is -0.402. The fourth-order valence-corrected chi connectivity index (χ4v) is 3.07. The number of ether oxygens (including phenoxy) is 1. The highest BCUT2D eigenvalue weighted by atomic mass is 35.5. The molecular weight excluding hydrogens is 402 g/mol. The molecule has 2 aromatic carbocycles. The van der Waals surface area contributed by atoms with Crippen LogP contribution in [0.5, 0.6) is 5.75 Å². The fourth-order valence-electron chi connectivity index (χ4n) is 2.95. The third-order valence-corrected chi connectivity index (χ3v) is 4.77. The molecule has 0 unspecified atom stereocenters. The molecule has 0 aliphatic carbocycles. The van der Waals surface area contributed by atoms with Crippen LogP contribution in [-0.2, 0) is 6.42 Å². The lowest BCUT2D eigenvalue weighted by molar-refractivity contribution is 0.0991. The number of hydrogen-bond acceptors (Lipinski definition) is 5. The Labute approximate surface area is 179 Å². The lowest BCUT2D eigenvalue weighted by atomic mass is 9.96. The normalized spacial score (nSPS) is 10.4. The topological polar surface area (TPSA) is 92.1 Å². The average Bonchev–Trinajstić information content (AvgIpc) is 2.75. The fraction of sp³-hybridized carbons (Fsp3) is 0.130. The summed E-state index contributed by atoms with van der Waals surface area (Å²) in [4.78, 5) is 29.8. The van der Waals surface area contributed by atoms with Crippen LogP contribution in [0, 0.1) is 5.41 Å². The summed E-state index contributed by atoms with van der Waals surface area (Å²) in [5.74, 6) is 0.239. The Bertz CT molecular complexity index is 1090. The van der Waals surface area contributed by atoms with Gasteiger partial charge in [0.25, 0.3) is 5.91 Å². The smallest absolute Gasteiger partial charge is 0.257 e. The van der Waals surface area contributed by atoms with Crippen molar-refractivity contribution in [2.45, 2.75) is 13.3 Å². The molecule has 0 spiro atoms. The number of halogens is 1. The maximum absolute atomic E-state index is 12.9. The highest BCUT2D eigenvalue weighted by Gasteiger charge is 2.19. The number of aromatic nitrogens is 1. The summed E-state index contributed by atoms with van der Waals surface area (Å²) in [6.07, 6.45) is 1.43. The number of benzene rings is 2. The van der Waals surface area contributed by atoms with Gasteiger partial charge < -0.3 is 15.5 Å². The van der Waals surface area contributed by atoms with Crippen molar-refractivity contribution in [3.05, 3.63) is 88.1 Å². The molecule has 0 aliphatic heterocycles. The second kappa shape index (κ2) is 9.33. The van der Waals surface area contributed by atoms with Gasteiger partial charge in [-0.15, -0.1) is 0 Å². The average molecular weight is 422 g/mol. The molecule has 0 bridgehead atoms. The molecule has 0 radical (unpaired) electrons. The molecule has 1 aromatic heterocycles. The molecule has 6 nitrogen and oxygen atoms in total. The second-order valence-corrected chi connectivity index (χ2v) is 7.04. The standard InChI is InChI=1S/C23H20ClN3O3/c1-14(25)15-6-8-16(9-7-15)20(28)12-19-18(4-3-5-21(19)30-2)23(29)27-22-11-10-17(24)13-26-22/h3-11,13,25H,12H2,1-2H3,(H,26,27,29). The van der Waals surface area contributed by atoms with Gasteiger partial charge in [-0.05, 0) is 36.8 Å². The quantitative estimate of drug-likeness (QED) is 0.423. The van der Waals surface area contributed by atoms with E-state index in [4.69, 9.17) is 21.7 Å². The highest BCUT2D eigenvalue weighted by Crippen LogP contribution is 2.25. The molecule has 2 N–H and O–H groups in total. The van der Waals surface area contributed by atoms with Gasteiger partial charge in [0.2, 0.25) is 0 Å². The molecule has 1 heterocycles. The van der Waals surface area contributed by atoms with Crippen molar-refractivity contribution in [1.29, 1.82) is 5.41 Å². The number of rotatable bonds is 7. The van der Waals surface area contributed by atoms with E-state index in [0.29, 0.717) is 39.0 Å². The van der Waals surface area contributed by atoms with E-state index in [-0.39, 0.29) is 12.2 Å². The number of carbonyl (C=O) groups excluding carboxylic acids is 2. The summed E-state index contributed by atoms with van der Waals surface area (Å²) >= 11 is 5.83. The van der Waals surface area contributed by atoms with E-state index in [1.165, 1.54) is 13.3 Å². The SMILES string of the molecule is COc1cccc(C(=O)Nc2ccc(Cl)cn2)c1CC(=O)c1ccc(C(C)=N)cc1. The maximum atomic E-state index is 12.9. The van der Waals surface area contributed by atoms with Crippen molar-refractivity contribution in [3.8, 4) is 5.75 Å². The summed E-state index contributed by atoms with van der Waals surface area (Å²) in [5, 5.41) is 10.8. The van der Waals surface area contributed by atoms with Crippen LogP contribution in [0.25, 0.3) is 0 Å². The molecule has 0 aliphatic rings. The zero-order valence-corrected chi connectivity index (χ0v) is 17.3. The highest BCUT2D eigenvalue weighted by molar-refractivity contribution is 6.30. The van der Waals surface area contributed by atoms with Crippen molar-refractivity contribution in [2.75, 3.05) is 12.4 Å². The van der Waals surface area contributed by atoms with Crippen LogP contribution in [0.15, 0.2) is 60.8 Å².